The molecular formula is C26H34BF3N4O5. The minimum atomic E-state index is -1.95. The number of alkyl carbamates (subject to hydrolysis) is 1. The Labute approximate surface area is 226 Å². The summed E-state index contributed by atoms with van der Waals surface area (Å²) in [6.45, 7) is 4.98. The molecule has 2 fully saturated rings. The van der Waals surface area contributed by atoms with Gasteiger partial charge in [-0.05, 0) is 57.4 Å². The number of rotatable bonds is 9. The predicted octanol–water partition coefficient (Wildman–Crippen LogP) is 2.08. The Morgan fingerprint density at radius 2 is 1.95 bits per heavy atom. The van der Waals surface area contributed by atoms with E-state index in [0.29, 0.717) is 18.5 Å². The van der Waals surface area contributed by atoms with E-state index in [1.165, 1.54) is 37.3 Å². The van der Waals surface area contributed by atoms with Crippen LogP contribution in [0.4, 0.5) is 18.0 Å². The summed E-state index contributed by atoms with van der Waals surface area (Å²) in [6, 6.07) is 7.14. The molecule has 3 rings (SSSR count). The molecule has 0 radical (unpaired) electrons. The molecule has 1 aromatic carbocycles. The van der Waals surface area contributed by atoms with Crippen molar-refractivity contribution in [3.8, 4) is 6.07 Å². The fraction of sp³-hybridized carbons (Fsp3) is 0.577. The number of hydrogen-bond donors (Lipinski definition) is 3. The topological polar surface area (TPSA) is 126 Å². The first-order valence-electron chi connectivity index (χ1n) is 12.8. The molecule has 0 aromatic heterocycles. The number of benzene rings is 1. The lowest BCUT2D eigenvalue weighted by Crippen LogP contribution is -2.52. The SMILES string of the molecule is CC(C)(C=C(C#N)C(=O)N1C[C@@H](F)C[C@]1(C)COC(=O)N[C@@H](Cc1ccc(F)cc1)B(O)O)N1CC[C@@H](F)C1. The maximum Gasteiger partial charge on any atom is 0.475 e. The van der Waals surface area contributed by atoms with Gasteiger partial charge in [0.25, 0.3) is 5.91 Å². The molecule has 2 heterocycles. The van der Waals surface area contributed by atoms with Crippen LogP contribution in [0.15, 0.2) is 35.9 Å². The van der Waals surface area contributed by atoms with Gasteiger partial charge >= 0.3 is 13.2 Å². The lowest BCUT2D eigenvalue weighted by Gasteiger charge is -2.36. The van der Waals surface area contributed by atoms with Gasteiger partial charge < -0.3 is 25.0 Å². The summed E-state index contributed by atoms with van der Waals surface area (Å²) in [7, 11) is -1.95. The standard InChI is InChI=1S/C26H34BF3N4O5/c1-25(2,33-9-8-20(29)14-33)11-18(13-31)23(35)34-15-21(30)12-26(34,3)16-39-24(36)32-22(27(37)38)10-17-4-6-19(28)7-5-17/h4-7,11,20-22,37-38H,8-10,12,14-16H2,1-3H3,(H,32,36)/t20-,21+,22+,26-/m1/s1. The Morgan fingerprint density at radius 1 is 1.28 bits per heavy atom. The molecule has 2 saturated heterocycles. The lowest BCUT2D eigenvalue weighted by atomic mass is 9.76. The third-order valence-corrected chi connectivity index (χ3v) is 7.28. The van der Waals surface area contributed by atoms with E-state index >= 15 is 0 Å². The summed E-state index contributed by atoms with van der Waals surface area (Å²) in [5, 5.41) is 31.4. The number of carbonyl (C=O) groups is 2. The number of nitriles is 1. The predicted molar refractivity (Wildman–Crippen MR) is 137 cm³/mol. The summed E-state index contributed by atoms with van der Waals surface area (Å²) < 4.78 is 46.7. The number of halogens is 3. The molecule has 1 aromatic rings. The number of hydrogen-bond acceptors (Lipinski definition) is 7. The zero-order valence-corrected chi connectivity index (χ0v) is 22.2. The average Bonchev–Trinajstić information content (AvgIpc) is 3.44. The molecule has 0 saturated carbocycles. The Hall–Kier alpha value is -3.08. The van der Waals surface area contributed by atoms with Gasteiger partial charge in [0.1, 0.15) is 36.4 Å². The van der Waals surface area contributed by atoms with Crippen LogP contribution >= 0.6 is 0 Å². The van der Waals surface area contributed by atoms with Crippen molar-refractivity contribution >= 4 is 19.1 Å². The zero-order valence-electron chi connectivity index (χ0n) is 22.2. The highest BCUT2D eigenvalue weighted by Crippen LogP contribution is 2.33. The second kappa shape index (κ2) is 12.4. The minimum absolute atomic E-state index is 0.0340. The van der Waals surface area contributed by atoms with E-state index in [1.54, 1.807) is 13.8 Å². The van der Waals surface area contributed by atoms with Crippen molar-refractivity contribution in [1.82, 2.24) is 15.1 Å². The lowest BCUT2D eigenvalue weighted by molar-refractivity contribution is -0.131. The highest BCUT2D eigenvalue weighted by Gasteiger charge is 2.47. The first-order chi connectivity index (χ1) is 18.2. The van der Waals surface area contributed by atoms with Gasteiger partial charge in [0, 0.05) is 25.0 Å². The first kappa shape index (κ1) is 30.5. The number of nitrogens with zero attached hydrogens (tertiary/aromatic N) is 3. The van der Waals surface area contributed by atoms with Crippen LogP contribution in [-0.2, 0) is 16.0 Å². The van der Waals surface area contributed by atoms with Gasteiger partial charge in [-0.15, -0.1) is 0 Å². The normalized spacial score (nSPS) is 24.8. The summed E-state index contributed by atoms with van der Waals surface area (Å²) in [5.74, 6) is -2.38. The van der Waals surface area contributed by atoms with Crippen LogP contribution in [0.25, 0.3) is 0 Å². The molecule has 2 amide bonds. The molecule has 0 bridgehead atoms. The van der Waals surface area contributed by atoms with Crippen LogP contribution < -0.4 is 5.32 Å². The van der Waals surface area contributed by atoms with Gasteiger partial charge in [-0.3, -0.25) is 9.69 Å². The summed E-state index contributed by atoms with van der Waals surface area (Å²) in [5.41, 5.74) is -1.77. The minimum Gasteiger partial charge on any atom is -0.447 e. The maximum absolute atomic E-state index is 14.5. The number of amides is 2. The van der Waals surface area contributed by atoms with Crippen LogP contribution in [0.3, 0.4) is 0 Å². The Kier molecular flexibility index (Phi) is 9.69. The molecule has 2 aliphatic heterocycles. The Bertz CT molecular complexity index is 1110. The fourth-order valence-corrected chi connectivity index (χ4v) is 5.03. The highest BCUT2D eigenvalue weighted by atomic mass is 19.1. The average molecular weight is 550 g/mol. The summed E-state index contributed by atoms with van der Waals surface area (Å²) in [6.07, 6.45) is -1.81. The van der Waals surface area contributed by atoms with E-state index in [0.717, 1.165) is 4.90 Å². The van der Waals surface area contributed by atoms with Crippen molar-refractivity contribution in [3.05, 3.63) is 47.3 Å². The van der Waals surface area contributed by atoms with Crippen LogP contribution in [0.2, 0.25) is 0 Å². The van der Waals surface area contributed by atoms with E-state index < -0.39 is 60.9 Å². The second-order valence-corrected chi connectivity index (χ2v) is 10.9. The Morgan fingerprint density at radius 3 is 2.51 bits per heavy atom. The van der Waals surface area contributed by atoms with Crippen LogP contribution in [-0.4, -0.2) is 94.6 Å². The van der Waals surface area contributed by atoms with Gasteiger partial charge in [0.05, 0.1) is 18.0 Å². The molecule has 212 valence electrons. The molecule has 4 atom stereocenters. The van der Waals surface area contributed by atoms with E-state index in [-0.39, 0.29) is 31.5 Å². The van der Waals surface area contributed by atoms with Gasteiger partial charge in [-0.1, -0.05) is 12.1 Å². The van der Waals surface area contributed by atoms with E-state index in [2.05, 4.69) is 5.32 Å². The van der Waals surface area contributed by atoms with Crippen LogP contribution in [0.5, 0.6) is 0 Å². The molecule has 3 N–H and O–H groups in total. The van der Waals surface area contributed by atoms with Crippen molar-refractivity contribution in [2.24, 2.45) is 0 Å². The number of nitrogens with one attached hydrogen (secondary N) is 1. The largest absolute Gasteiger partial charge is 0.475 e. The van der Waals surface area contributed by atoms with Gasteiger partial charge in [-0.25, -0.2) is 18.0 Å². The number of ether oxygens (including phenoxy) is 1. The van der Waals surface area contributed by atoms with Crippen molar-refractivity contribution in [3.63, 3.8) is 0 Å². The molecule has 0 spiro atoms. The third kappa shape index (κ3) is 7.74. The number of alkyl halides is 2. The second-order valence-electron chi connectivity index (χ2n) is 10.9. The monoisotopic (exact) mass is 550 g/mol. The van der Waals surface area contributed by atoms with Gasteiger partial charge in [0.2, 0.25) is 0 Å². The molecule has 13 heteroatoms. The van der Waals surface area contributed by atoms with E-state index in [4.69, 9.17) is 4.74 Å². The summed E-state index contributed by atoms with van der Waals surface area (Å²) in [4.78, 5) is 28.8. The quantitative estimate of drug-likeness (QED) is 0.244. The summed E-state index contributed by atoms with van der Waals surface area (Å²) >= 11 is 0. The van der Waals surface area contributed by atoms with Crippen molar-refractivity contribution in [2.45, 2.75) is 69.4 Å². The third-order valence-electron chi connectivity index (χ3n) is 7.28. The molecule has 39 heavy (non-hydrogen) atoms. The number of carbonyl (C=O) groups excluding carboxylic acids is 2. The molecule has 2 aliphatic rings. The molecular weight excluding hydrogens is 516 g/mol. The highest BCUT2D eigenvalue weighted by molar-refractivity contribution is 6.43. The molecule has 0 unspecified atom stereocenters. The fourth-order valence-electron chi connectivity index (χ4n) is 5.03. The van der Waals surface area contributed by atoms with Crippen molar-refractivity contribution in [1.29, 1.82) is 5.26 Å². The van der Waals surface area contributed by atoms with Crippen molar-refractivity contribution in [2.75, 3.05) is 26.2 Å². The van der Waals surface area contributed by atoms with Crippen LogP contribution in [0, 0.1) is 17.1 Å². The van der Waals surface area contributed by atoms with Crippen molar-refractivity contribution < 1.29 is 37.5 Å². The van der Waals surface area contributed by atoms with Gasteiger partial charge in [-0.2, -0.15) is 5.26 Å². The van der Waals surface area contributed by atoms with E-state index in [1.807, 2.05) is 11.0 Å². The van der Waals surface area contributed by atoms with E-state index in [9.17, 15) is 38.1 Å². The smallest absolute Gasteiger partial charge is 0.447 e. The van der Waals surface area contributed by atoms with Gasteiger partial charge in [0.15, 0.2) is 0 Å². The zero-order chi connectivity index (χ0) is 29.0. The molecule has 0 aliphatic carbocycles. The number of likely N-dealkylation sites (tertiary alicyclic amines) is 2. The maximum atomic E-state index is 14.5. The van der Waals surface area contributed by atoms with Crippen LogP contribution in [0.1, 0.15) is 39.2 Å². The first-order valence-corrected chi connectivity index (χ1v) is 12.8. The Balaban J connectivity index is 1.68. The molecule has 9 nitrogen and oxygen atoms in total.